The van der Waals surface area contributed by atoms with Gasteiger partial charge in [-0.05, 0) is 32.5 Å². The average Bonchev–Trinajstić information content (AvgIpc) is 2.92. The monoisotopic (exact) mass is 359 g/mol. The lowest BCUT2D eigenvalue weighted by Crippen LogP contribution is -2.56. The van der Waals surface area contributed by atoms with Crippen molar-refractivity contribution in [3.8, 4) is 0 Å². The number of likely N-dealkylation sites (tertiary alicyclic amines) is 2. The first kappa shape index (κ1) is 19.3. The Morgan fingerprint density at radius 2 is 1.85 bits per heavy atom. The number of likely N-dealkylation sites (N-methyl/N-ethyl adjacent to an activating group) is 1. The van der Waals surface area contributed by atoms with Crippen LogP contribution in [0.3, 0.4) is 0 Å². The highest BCUT2D eigenvalue weighted by Crippen LogP contribution is 2.48. The van der Waals surface area contributed by atoms with E-state index in [0.717, 1.165) is 39.0 Å². The molecular formula is C21H33N3O2. The van der Waals surface area contributed by atoms with E-state index in [0.29, 0.717) is 25.5 Å². The van der Waals surface area contributed by atoms with Crippen LogP contribution in [-0.4, -0.2) is 86.7 Å². The average molecular weight is 360 g/mol. The lowest BCUT2D eigenvalue weighted by atomic mass is 9.73. The highest BCUT2D eigenvalue weighted by Gasteiger charge is 2.53. The maximum atomic E-state index is 12.9. The molecule has 0 radical (unpaired) electrons. The molecule has 144 valence electrons. The first-order valence-electron chi connectivity index (χ1n) is 9.78. The number of ether oxygens (including phenoxy) is 1. The molecule has 0 unspecified atom stereocenters. The van der Waals surface area contributed by atoms with Crippen LogP contribution in [0.4, 0.5) is 0 Å². The number of rotatable bonds is 7. The van der Waals surface area contributed by atoms with E-state index in [1.54, 1.807) is 7.11 Å². The van der Waals surface area contributed by atoms with Gasteiger partial charge in [-0.25, -0.2) is 0 Å². The molecule has 1 spiro atoms. The van der Waals surface area contributed by atoms with Crippen molar-refractivity contribution in [1.29, 1.82) is 0 Å². The molecule has 2 heterocycles. The molecule has 0 N–H and O–H groups in total. The smallest absolute Gasteiger partial charge is 0.223 e. The number of nitrogens with zero attached hydrogens (tertiary/aromatic N) is 3. The van der Waals surface area contributed by atoms with Gasteiger partial charge in [0.15, 0.2) is 0 Å². The molecule has 2 aliphatic rings. The number of hydrogen-bond acceptors (Lipinski definition) is 4. The number of methoxy groups -OCH3 is 1. The van der Waals surface area contributed by atoms with Crippen LogP contribution in [-0.2, 0) is 9.53 Å². The van der Waals surface area contributed by atoms with Gasteiger partial charge in [0.2, 0.25) is 5.91 Å². The molecule has 1 aromatic carbocycles. The summed E-state index contributed by atoms with van der Waals surface area (Å²) in [4.78, 5) is 19.8. The topological polar surface area (TPSA) is 36.0 Å². The fourth-order valence-corrected chi connectivity index (χ4v) is 4.68. The van der Waals surface area contributed by atoms with E-state index in [-0.39, 0.29) is 11.4 Å². The fourth-order valence-electron chi connectivity index (χ4n) is 4.68. The Bertz CT molecular complexity index is 582. The highest BCUT2D eigenvalue weighted by atomic mass is 16.5. The Morgan fingerprint density at radius 3 is 2.46 bits per heavy atom. The van der Waals surface area contributed by atoms with E-state index in [2.05, 4.69) is 59.1 Å². The number of carbonyl (C=O) groups excluding carboxylic acids is 1. The predicted molar refractivity (Wildman–Crippen MR) is 104 cm³/mol. The van der Waals surface area contributed by atoms with Gasteiger partial charge in [0.05, 0.1) is 12.1 Å². The summed E-state index contributed by atoms with van der Waals surface area (Å²) in [6, 6.07) is 10.6. The molecular weight excluding hydrogens is 326 g/mol. The van der Waals surface area contributed by atoms with Gasteiger partial charge in [-0.2, -0.15) is 0 Å². The Kier molecular flexibility index (Phi) is 6.33. The molecule has 2 aliphatic heterocycles. The summed E-state index contributed by atoms with van der Waals surface area (Å²) < 4.78 is 5.30. The quantitative estimate of drug-likeness (QED) is 0.747. The van der Waals surface area contributed by atoms with Crippen LogP contribution in [0.5, 0.6) is 0 Å². The summed E-state index contributed by atoms with van der Waals surface area (Å²) in [6.07, 6.45) is 2.73. The second-order valence-corrected chi connectivity index (χ2v) is 7.95. The molecule has 1 atom stereocenters. The molecule has 2 saturated heterocycles. The van der Waals surface area contributed by atoms with Crippen molar-refractivity contribution >= 4 is 5.91 Å². The Balaban J connectivity index is 1.79. The first-order valence-corrected chi connectivity index (χ1v) is 9.78. The molecule has 0 aromatic heterocycles. The molecule has 5 nitrogen and oxygen atoms in total. The Hall–Kier alpha value is -1.43. The van der Waals surface area contributed by atoms with Crippen LogP contribution in [0, 0.1) is 0 Å². The van der Waals surface area contributed by atoms with Crippen LogP contribution in [0.2, 0.25) is 0 Å². The molecule has 0 bridgehead atoms. The zero-order chi connectivity index (χ0) is 18.6. The van der Waals surface area contributed by atoms with Crippen LogP contribution in [0.1, 0.15) is 30.7 Å². The number of carbonyl (C=O) groups is 1. The van der Waals surface area contributed by atoms with E-state index in [1.807, 2.05) is 0 Å². The van der Waals surface area contributed by atoms with Crippen molar-refractivity contribution < 1.29 is 9.53 Å². The summed E-state index contributed by atoms with van der Waals surface area (Å²) in [5.74, 6) is 0.585. The van der Waals surface area contributed by atoms with E-state index < -0.39 is 0 Å². The Labute approximate surface area is 157 Å². The minimum absolute atomic E-state index is 0.0500. The molecule has 0 aliphatic carbocycles. The predicted octanol–water partition coefficient (Wildman–Crippen LogP) is 2.05. The van der Waals surface area contributed by atoms with Gasteiger partial charge in [-0.15, -0.1) is 0 Å². The summed E-state index contributed by atoms with van der Waals surface area (Å²) in [5, 5.41) is 0. The summed E-state index contributed by atoms with van der Waals surface area (Å²) in [6.45, 7) is 5.63. The number of benzene rings is 1. The van der Waals surface area contributed by atoms with E-state index in [9.17, 15) is 4.79 Å². The minimum atomic E-state index is -0.0500. The lowest BCUT2D eigenvalue weighted by Gasteiger charge is -2.48. The lowest BCUT2D eigenvalue weighted by molar-refractivity contribution is -0.133. The first-order chi connectivity index (χ1) is 12.6. The van der Waals surface area contributed by atoms with E-state index >= 15 is 0 Å². The fraction of sp³-hybridized carbons (Fsp3) is 0.667. The van der Waals surface area contributed by atoms with Gasteiger partial charge < -0.3 is 19.4 Å². The Morgan fingerprint density at radius 1 is 1.15 bits per heavy atom. The molecule has 3 rings (SSSR count). The van der Waals surface area contributed by atoms with Crippen LogP contribution in [0.25, 0.3) is 0 Å². The third-order valence-electron chi connectivity index (χ3n) is 6.17. The molecule has 0 saturated carbocycles. The SMILES string of the molecule is COCCN1C(=O)C[C@H](c2ccccc2)C12CCN(CCN(C)C)CC2. The zero-order valence-electron chi connectivity index (χ0n) is 16.5. The minimum Gasteiger partial charge on any atom is -0.383 e. The number of piperidine rings is 1. The van der Waals surface area contributed by atoms with Gasteiger partial charge in [0, 0.05) is 52.2 Å². The van der Waals surface area contributed by atoms with Crippen molar-refractivity contribution in [3.05, 3.63) is 35.9 Å². The summed E-state index contributed by atoms with van der Waals surface area (Å²) in [7, 11) is 5.96. The van der Waals surface area contributed by atoms with Crippen molar-refractivity contribution in [2.75, 3.05) is 60.5 Å². The molecule has 2 fully saturated rings. The highest BCUT2D eigenvalue weighted by molar-refractivity contribution is 5.81. The normalized spacial score (nSPS) is 23.3. The number of hydrogen-bond donors (Lipinski definition) is 0. The third kappa shape index (κ3) is 3.95. The zero-order valence-corrected chi connectivity index (χ0v) is 16.5. The summed E-state index contributed by atoms with van der Waals surface area (Å²) >= 11 is 0. The van der Waals surface area contributed by atoms with Crippen LogP contribution in [0.15, 0.2) is 30.3 Å². The van der Waals surface area contributed by atoms with Crippen molar-refractivity contribution in [2.45, 2.75) is 30.7 Å². The third-order valence-corrected chi connectivity index (χ3v) is 6.17. The van der Waals surface area contributed by atoms with Crippen LogP contribution < -0.4 is 0 Å². The maximum Gasteiger partial charge on any atom is 0.223 e. The summed E-state index contributed by atoms with van der Waals surface area (Å²) in [5.41, 5.74) is 1.26. The molecule has 5 heteroatoms. The van der Waals surface area contributed by atoms with Gasteiger partial charge >= 0.3 is 0 Å². The van der Waals surface area contributed by atoms with Gasteiger partial charge in [-0.1, -0.05) is 30.3 Å². The van der Waals surface area contributed by atoms with Crippen molar-refractivity contribution in [1.82, 2.24) is 14.7 Å². The van der Waals surface area contributed by atoms with E-state index in [4.69, 9.17) is 4.74 Å². The van der Waals surface area contributed by atoms with Crippen molar-refractivity contribution in [2.24, 2.45) is 0 Å². The molecule has 1 aromatic rings. The van der Waals surface area contributed by atoms with Crippen LogP contribution >= 0.6 is 0 Å². The van der Waals surface area contributed by atoms with E-state index in [1.165, 1.54) is 5.56 Å². The van der Waals surface area contributed by atoms with Crippen molar-refractivity contribution in [3.63, 3.8) is 0 Å². The van der Waals surface area contributed by atoms with Gasteiger partial charge in [-0.3, -0.25) is 4.79 Å². The second-order valence-electron chi connectivity index (χ2n) is 7.95. The standard InChI is InChI=1S/C21H33N3O2/c1-22(2)13-14-23-11-9-21(10-12-23)19(18-7-5-4-6-8-18)17-20(25)24(21)15-16-26-3/h4-8,19H,9-17H2,1-3H3/t19-/m1/s1. The molecule has 26 heavy (non-hydrogen) atoms. The largest absolute Gasteiger partial charge is 0.383 e. The second kappa shape index (κ2) is 8.51. The number of amides is 1. The molecule has 1 amide bonds. The van der Waals surface area contributed by atoms with Gasteiger partial charge in [0.1, 0.15) is 0 Å². The maximum absolute atomic E-state index is 12.9. The van der Waals surface area contributed by atoms with Gasteiger partial charge in [0.25, 0.3) is 0 Å².